The van der Waals surface area contributed by atoms with Crippen molar-refractivity contribution in [2.24, 2.45) is 5.92 Å². The third-order valence-electron chi connectivity index (χ3n) is 3.80. The average molecular weight is 303 g/mol. The second-order valence-corrected chi connectivity index (χ2v) is 6.12. The molecule has 0 radical (unpaired) electrons. The van der Waals surface area contributed by atoms with Gasteiger partial charge in [0.25, 0.3) is 5.91 Å². The van der Waals surface area contributed by atoms with Gasteiger partial charge in [-0.1, -0.05) is 24.7 Å². The molecule has 0 bridgehead atoms. The zero-order valence-corrected chi connectivity index (χ0v) is 12.6. The number of amides is 1. The molecule has 1 fully saturated rings. The normalized spacial score (nSPS) is 21.2. The van der Waals surface area contributed by atoms with Gasteiger partial charge in [0.15, 0.2) is 0 Å². The van der Waals surface area contributed by atoms with Crippen LogP contribution in [0.2, 0.25) is 0 Å². The molecule has 0 spiro atoms. The van der Waals surface area contributed by atoms with Crippen molar-refractivity contribution in [3.8, 4) is 0 Å². The summed E-state index contributed by atoms with van der Waals surface area (Å²) in [6, 6.07) is 4.10. The maximum absolute atomic E-state index is 12.0. The van der Waals surface area contributed by atoms with Crippen LogP contribution in [0, 0.1) is 5.92 Å². The van der Waals surface area contributed by atoms with Crippen molar-refractivity contribution in [3.05, 3.63) is 29.4 Å². The van der Waals surface area contributed by atoms with E-state index in [1.807, 2.05) is 6.07 Å². The van der Waals surface area contributed by atoms with Crippen molar-refractivity contribution in [1.29, 1.82) is 0 Å². The van der Waals surface area contributed by atoms with E-state index in [0.29, 0.717) is 22.7 Å². The maximum Gasteiger partial charge on any atom is 0.259 e. The number of carbonyl (C=O) groups excluding carboxylic acids is 1. The van der Waals surface area contributed by atoms with Crippen LogP contribution in [0.5, 0.6) is 0 Å². The van der Waals surface area contributed by atoms with Crippen LogP contribution in [-0.4, -0.2) is 27.1 Å². The lowest BCUT2D eigenvalue weighted by molar-refractivity contribution is 0.102. The Morgan fingerprint density at radius 1 is 1.38 bits per heavy atom. The number of hydrogen-bond acceptors (Lipinski definition) is 6. The van der Waals surface area contributed by atoms with E-state index < -0.39 is 0 Å². The van der Waals surface area contributed by atoms with E-state index in [1.54, 1.807) is 17.8 Å². The van der Waals surface area contributed by atoms with Crippen LogP contribution in [0.25, 0.3) is 0 Å². The van der Waals surface area contributed by atoms with Gasteiger partial charge in [-0.25, -0.2) is 4.98 Å². The molecule has 0 aromatic carbocycles. The van der Waals surface area contributed by atoms with Gasteiger partial charge >= 0.3 is 0 Å². The molecule has 7 heteroatoms. The standard InChI is InChI=1S/C14H17N5OS/c1-9-3-2-4-11(9)17-12-6-5-10(7-15-12)13(20)18-14-19-16-8-21-14/h5-9,11H,2-4H2,1H3,(H,15,17)(H,18,19,20). The molecule has 3 rings (SSSR count). The van der Waals surface area contributed by atoms with E-state index in [1.165, 1.54) is 30.6 Å². The number of nitrogens with one attached hydrogen (secondary N) is 2. The van der Waals surface area contributed by atoms with Crippen molar-refractivity contribution in [2.75, 3.05) is 10.6 Å². The van der Waals surface area contributed by atoms with Gasteiger partial charge in [0.2, 0.25) is 5.13 Å². The maximum atomic E-state index is 12.0. The number of anilines is 2. The predicted molar refractivity (Wildman–Crippen MR) is 82.5 cm³/mol. The highest BCUT2D eigenvalue weighted by Gasteiger charge is 2.23. The highest BCUT2D eigenvalue weighted by atomic mass is 32.1. The summed E-state index contributed by atoms with van der Waals surface area (Å²) < 4.78 is 0. The first-order valence-electron chi connectivity index (χ1n) is 7.02. The number of carbonyl (C=O) groups is 1. The summed E-state index contributed by atoms with van der Waals surface area (Å²) in [4.78, 5) is 16.3. The molecule has 1 aliphatic rings. The van der Waals surface area contributed by atoms with Crippen LogP contribution in [0.1, 0.15) is 36.5 Å². The Kier molecular flexibility index (Phi) is 4.10. The molecular weight excluding hydrogens is 286 g/mol. The van der Waals surface area contributed by atoms with Crippen LogP contribution >= 0.6 is 11.3 Å². The molecule has 2 heterocycles. The molecule has 6 nitrogen and oxygen atoms in total. The Hall–Kier alpha value is -2.02. The summed E-state index contributed by atoms with van der Waals surface area (Å²) in [5.74, 6) is 1.27. The van der Waals surface area contributed by atoms with E-state index in [-0.39, 0.29) is 5.91 Å². The fourth-order valence-corrected chi connectivity index (χ4v) is 3.00. The lowest BCUT2D eigenvalue weighted by Crippen LogP contribution is -2.22. The molecule has 1 aliphatic carbocycles. The molecule has 2 atom stereocenters. The molecule has 1 amide bonds. The molecular formula is C14H17N5OS. The van der Waals surface area contributed by atoms with Gasteiger partial charge in [0.1, 0.15) is 11.3 Å². The summed E-state index contributed by atoms with van der Waals surface area (Å²) in [5.41, 5.74) is 2.08. The quantitative estimate of drug-likeness (QED) is 0.908. The monoisotopic (exact) mass is 303 g/mol. The Balaban J connectivity index is 1.62. The fraction of sp³-hybridized carbons (Fsp3) is 0.429. The van der Waals surface area contributed by atoms with Crippen molar-refractivity contribution >= 4 is 28.2 Å². The van der Waals surface area contributed by atoms with E-state index in [0.717, 1.165) is 5.82 Å². The van der Waals surface area contributed by atoms with Crippen molar-refractivity contribution in [3.63, 3.8) is 0 Å². The molecule has 2 N–H and O–H groups in total. The number of aromatic nitrogens is 3. The molecule has 21 heavy (non-hydrogen) atoms. The van der Waals surface area contributed by atoms with Crippen LogP contribution in [0.3, 0.4) is 0 Å². The Morgan fingerprint density at radius 3 is 2.90 bits per heavy atom. The van der Waals surface area contributed by atoms with Crippen LogP contribution in [0.4, 0.5) is 10.9 Å². The summed E-state index contributed by atoms with van der Waals surface area (Å²) in [6.45, 7) is 2.26. The lowest BCUT2D eigenvalue weighted by Gasteiger charge is -2.17. The molecule has 0 aliphatic heterocycles. The molecule has 2 unspecified atom stereocenters. The highest BCUT2D eigenvalue weighted by molar-refractivity contribution is 7.13. The number of pyridine rings is 1. The van der Waals surface area contributed by atoms with Gasteiger partial charge in [-0.05, 0) is 30.9 Å². The molecule has 110 valence electrons. The molecule has 1 saturated carbocycles. The van der Waals surface area contributed by atoms with E-state index in [9.17, 15) is 4.79 Å². The van der Waals surface area contributed by atoms with Crippen molar-refractivity contribution in [1.82, 2.24) is 15.2 Å². The Morgan fingerprint density at radius 2 is 2.29 bits per heavy atom. The van der Waals surface area contributed by atoms with Crippen molar-refractivity contribution in [2.45, 2.75) is 32.2 Å². The highest BCUT2D eigenvalue weighted by Crippen LogP contribution is 2.27. The van der Waals surface area contributed by atoms with Crippen LogP contribution in [0.15, 0.2) is 23.8 Å². The second-order valence-electron chi connectivity index (χ2n) is 5.29. The summed E-state index contributed by atoms with van der Waals surface area (Å²) >= 11 is 1.28. The third kappa shape index (κ3) is 3.36. The topological polar surface area (TPSA) is 79.8 Å². The fourth-order valence-electron chi connectivity index (χ4n) is 2.56. The van der Waals surface area contributed by atoms with Gasteiger partial charge in [-0.2, -0.15) is 0 Å². The summed E-state index contributed by atoms with van der Waals surface area (Å²) in [7, 11) is 0. The first-order valence-corrected chi connectivity index (χ1v) is 7.90. The zero-order valence-electron chi connectivity index (χ0n) is 11.7. The molecule has 0 saturated heterocycles. The zero-order chi connectivity index (χ0) is 14.7. The molecule has 2 aromatic heterocycles. The summed E-state index contributed by atoms with van der Waals surface area (Å²) in [5, 5.41) is 14.1. The van der Waals surface area contributed by atoms with Crippen molar-refractivity contribution < 1.29 is 4.79 Å². The third-order valence-corrected chi connectivity index (χ3v) is 4.41. The number of rotatable bonds is 4. The minimum absolute atomic E-state index is 0.222. The smallest absolute Gasteiger partial charge is 0.259 e. The lowest BCUT2D eigenvalue weighted by atomic mass is 10.1. The van der Waals surface area contributed by atoms with Gasteiger partial charge in [-0.15, -0.1) is 10.2 Å². The number of nitrogens with zero attached hydrogens (tertiary/aromatic N) is 3. The van der Waals surface area contributed by atoms with E-state index in [4.69, 9.17) is 0 Å². The largest absolute Gasteiger partial charge is 0.367 e. The van der Waals surface area contributed by atoms with Crippen LogP contribution in [-0.2, 0) is 0 Å². The Labute approximate surface area is 127 Å². The van der Waals surface area contributed by atoms with Gasteiger partial charge < -0.3 is 5.32 Å². The van der Waals surface area contributed by atoms with E-state index >= 15 is 0 Å². The van der Waals surface area contributed by atoms with Gasteiger partial charge in [0.05, 0.1) is 5.56 Å². The van der Waals surface area contributed by atoms with Crippen LogP contribution < -0.4 is 10.6 Å². The first kappa shape index (κ1) is 13.9. The SMILES string of the molecule is CC1CCCC1Nc1ccc(C(=O)Nc2nncs2)cn1. The second kappa shape index (κ2) is 6.17. The average Bonchev–Trinajstić information content (AvgIpc) is 3.12. The first-order chi connectivity index (χ1) is 10.2. The molecule has 2 aromatic rings. The van der Waals surface area contributed by atoms with E-state index in [2.05, 4.69) is 32.7 Å². The minimum Gasteiger partial charge on any atom is -0.367 e. The summed E-state index contributed by atoms with van der Waals surface area (Å²) in [6.07, 6.45) is 5.29. The Bertz CT molecular complexity index is 598. The number of hydrogen-bond donors (Lipinski definition) is 2. The van der Waals surface area contributed by atoms with Gasteiger partial charge in [-0.3, -0.25) is 10.1 Å². The minimum atomic E-state index is -0.222. The van der Waals surface area contributed by atoms with Gasteiger partial charge in [0, 0.05) is 12.2 Å². The predicted octanol–water partition coefficient (Wildman–Crippen LogP) is 2.79.